The Balaban J connectivity index is 0.00000162. The minimum atomic E-state index is 0. The molecule has 3 nitrogen and oxygen atoms in total. The van der Waals surface area contributed by atoms with Crippen LogP contribution in [0.25, 0.3) is 0 Å². The molecule has 1 aliphatic rings. The third-order valence-corrected chi connectivity index (χ3v) is 3.20. The van der Waals surface area contributed by atoms with Crippen LogP contribution >= 0.6 is 24.0 Å². The summed E-state index contributed by atoms with van der Waals surface area (Å²) in [5, 5.41) is 3.16. The number of rotatable bonds is 3. The van der Waals surface area contributed by atoms with E-state index in [4.69, 9.17) is 5.73 Å². The molecule has 100 valence electrons. The summed E-state index contributed by atoms with van der Waals surface area (Å²) in [5.41, 5.74) is 8.20. The van der Waals surface area contributed by atoms with E-state index in [1.54, 1.807) is 0 Å². The molecule has 1 aliphatic carbocycles. The van der Waals surface area contributed by atoms with Gasteiger partial charge in [0.15, 0.2) is 5.96 Å². The van der Waals surface area contributed by atoms with Crippen LogP contribution in [0.5, 0.6) is 0 Å². The quantitative estimate of drug-likeness (QED) is 0.493. The Labute approximate surface area is 126 Å². The topological polar surface area (TPSA) is 50.4 Å². The Bertz CT molecular complexity index is 429. The number of nitrogens with two attached hydrogens (primary N) is 1. The molecule has 4 heteroatoms. The Kier molecular flexibility index (Phi) is 5.44. The highest BCUT2D eigenvalue weighted by Gasteiger charge is 2.32. The molecule has 2 atom stereocenters. The molecule has 0 amide bonds. The van der Waals surface area contributed by atoms with E-state index >= 15 is 0 Å². The minimum absolute atomic E-state index is 0. The minimum Gasteiger partial charge on any atom is -0.370 e. The monoisotopic (exact) mass is 359 g/mol. The van der Waals surface area contributed by atoms with Gasteiger partial charge in [-0.25, -0.2) is 4.99 Å². The third kappa shape index (κ3) is 4.15. The van der Waals surface area contributed by atoms with Crippen molar-refractivity contribution in [2.45, 2.75) is 39.2 Å². The fourth-order valence-corrected chi connectivity index (χ4v) is 1.82. The second-order valence-corrected chi connectivity index (χ2v) is 5.20. The zero-order chi connectivity index (χ0) is 12.4. The van der Waals surface area contributed by atoms with E-state index in [0.717, 1.165) is 12.1 Å². The zero-order valence-corrected chi connectivity index (χ0v) is 13.5. The van der Waals surface area contributed by atoms with Gasteiger partial charge in [0, 0.05) is 5.69 Å². The van der Waals surface area contributed by atoms with Gasteiger partial charge in [-0.2, -0.15) is 0 Å². The van der Waals surface area contributed by atoms with Gasteiger partial charge in [0.1, 0.15) is 0 Å². The first-order valence-corrected chi connectivity index (χ1v) is 6.26. The average Bonchev–Trinajstić information content (AvgIpc) is 2.94. The van der Waals surface area contributed by atoms with Gasteiger partial charge in [-0.3, -0.25) is 0 Å². The highest BCUT2D eigenvalue weighted by molar-refractivity contribution is 14.0. The first kappa shape index (κ1) is 15.3. The lowest BCUT2D eigenvalue weighted by molar-refractivity contribution is 0.867. The SMILES string of the molecule is CC(C)c1cccc(NC(N)=NC2CC2C)c1.I. The Hall–Kier alpha value is -0.780. The molecule has 0 radical (unpaired) electrons. The standard InChI is InChI=1S/C14H21N3.HI/c1-9(2)11-5-4-6-12(8-11)16-14(15)17-13-7-10(13)3;/h4-6,8-10,13H,7H2,1-3H3,(H3,15,16,17);1H. The summed E-state index contributed by atoms with van der Waals surface area (Å²) in [6, 6.07) is 8.75. The van der Waals surface area contributed by atoms with Crippen LogP contribution in [0.1, 0.15) is 38.7 Å². The molecule has 0 heterocycles. The molecule has 1 aromatic carbocycles. The van der Waals surface area contributed by atoms with Crippen molar-refractivity contribution in [3.8, 4) is 0 Å². The molecule has 2 rings (SSSR count). The normalized spacial score (nSPS) is 22.6. The highest BCUT2D eigenvalue weighted by Crippen LogP contribution is 2.32. The van der Waals surface area contributed by atoms with E-state index in [-0.39, 0.29) is 24.0 Å². The lowest BCUT2D eigenvalue weighted by Crippen LogP contribution is -2.23. The second kappa shape index (κ2) is 6.41. The van der Waals surface area contributed by atoms with Crippen LogP contribution in [-0.4, -0.2) is 12.0 Å². The molecule has 1 aromatic rings. The van der Waals surface area contributed by atoms with Gasteiger partial charge in [0.05, 0.1) is 6.04 Å². The van der Waals surface area contributed by atoms with E-state index in [1.807, 2.05) is 12.1 Å². The molecule has 1 saturated carbocycles. The maximum absolute atomic E-state index is 5.87. The third-order valence-electron chi connectivity index (χ3n) is 3.20. The number of hydrogen-bond acceptors (Lipinski definition) is 1. The Morgan fingerprint density at radius 2 is 2.11 bits per heavy atom. The number of guanidine groups is 1. The van der Waals surface area contributed by atoms with Crippen LogP contribution in [0.2, 0.25) is 0 Å². The van der Waals surface area contributed by atoms with Gasteiger partial charge in [0.25, 0.3) is 0 Å². The molecule has 0 bridgehead atoms. The second-order valence-electron chi connectivity index (χ2n) is 5.20. The van der Waals surface area contributed by atoms with Crippen LogP contribution in [0.4, 0.5) is 5.69 Å². The van der Waals surface area contributed by atoms with Crippen molar-refractivity contribution in [1.82, 2.24) is 0 Å². The van der Waals surface area contributed by atoms with Gasteiger partial charge < -0.3 is 11.1 Å². The summed E-state index contributed by atoms with van der Waals surface area (Å²) in [6.45, 7) is 6.56. The van der Waals surface area contributed by atoms with Crippen LogP contribution in [-0.2, 0) is 0 Å². The van der Waals surface area contributed by atoms with Crippen molar-refractivity contribution in [1.29, 1.82) is 0 Å². The summed E-state index contributed by atoms with van der Waals surface area (Å²) in [7, 11) is 0. The number of aliphatic imine (C=N–C) groups is 1. The molecule has 18 heavy (non-hydrogen) atoms. The predicted molar refractivity (Wildman–Crippen MR) is 88.8 cm³/mol. The van der Waals surface area contributed by atoms with E-state index in [2.05, 4.69) is 43.2 Å². The average molecular weight is 359 g/mol. The van der Waals surface area contributed by atoms with Gasteiger partial charge >= 0.3 is 0 Å². The molecule has 0 aromatic heterocycles. The number of nitrogens with one attached hydrogen (secondary N) is 1. The molecule has 0 spiro atoms. The maximum atomic E-state index is 5.87. The number of halogens is 1. The fourth-order valence-electron chi connectivity index (χ4n) is 1.82. The van der Waals surface area contributed by atoms with Crippen molar-refractivity contribution >= 4 is 35.6 Å². The molecule has 0 aliphatic heterocycles. The van der Waals surface area contributed by atoms with Crippen LogP contribution in [0.3, 0.4) is 0 Å². The first-order chi connectivity index (χ1) is 8.06. The van der Waals surface area contributed by atoms with Crippen LogP contribution < -0.4 is 11.1 Å². The van der Waals surface area contributed by atoms with E-state index in [0.29, 0.717) is 23.8 Å². The van der Waals surface area contributed by atoms with Crippen molar-refractivity contribution in [2.75, 3.05) is 5.32 Å². The van der Waals surface area contributed by atoms with Gasteiger partial charge in [-0.1, -0.05) is 32.9 Å². The molecule has 1 fully saturated rings. The van der Waals surface area contributed by atoms with E-state index in [9.17, 15) is 0 Å². The van der Waals surface area contributed by atoms with Crippen molar-refractivity contribution in [3.05, 3.63) is 29.8 Å². The lowest BCUT2D eigenvalue weighted by atomic mass is 10.0. The molecular formula is C14H22IN3. The molecular weight excluding hydrogens is 337 g/mol. The maximum Gasteiger partial charge on any atom is 0.193 e. The van der Waals surface area contributed by atoms with E-state index < -0.39 is 0 Å². The fraction of sp³-hybridized carbons (Fsp3) is 0.500. The van der Waals surface area contributed by atoms with Gasteiger partial charge in [0.2, 0.25) is 0 Å². The summed E-state index contributed by atoms with van der Waals surface area (Å²) in [5.74, 6) is 1.75. The van der Waals surface area contributed by atoms with Gasteiger partial charge in [-0.15, -0.1) is 24.0 Å². The molecule has 2 unspecified atom stereocenters. The predicted octanol–water partition coefficient (Wildman–Crippen LogP) is 3.56. The number of anilines is 1. The summed E-state index contributed by atoms with van der Waals surface area (Å²) < 4.78 is 0. The van der Waals surface area contributed by atoms with Crippen molar-refractivity contribution in [2.24, 2.45) is 16.6 Å². The summed E-state index contributed by atoms with van der Waals surface area (Å²) >= 11 is 0. The molecule has 0 saturated heterocycles. The smallest absolute Gasteiger partial charge is 0.193 e. The Morgan fingerprint density at radius 3 is 2.67 bits per heavy atom. The van der Waals surface area contributed by atoms with Crippen molar-refractivity contribution < 1.29 is 0 Å². The van der Waals surface area contributed by atoms with Crippen LogP contribution in [0, 0.1) is 5.92 Å². The highest BCUT2D eigenvalue weighted by atomic mass is 127. The Morgan fingerprint density at radius 1 is 1.44 bits per heavy atom. The van der Waals surface area contributed by atoms with Gasteiger partial charge in [-0.05, 0) is 36.0 Å². The van der Waals surface area contributed by atoms with E-state index in [1.165, 1.54) is 5.56 Å². The largest absolute Gasteiger partial charge is 0.370 e. The number of hydrogen-bond donors (Lipinski definition) is 2. The number of benzene rings is 1. The molecule has 3 N–H and O–H groups in total. The lowest BCUT2D eigenvalue weighted by Gasteiger charge is -2.09. The van der Waals surface area contributed by atoms with Crippen molar-refractivity contribution in [3.63, 3.8) is 0 Å². The number of nitrogens with zero attached hydrogens (tertiary/aromatic N) is 1. The zero-order valence-electron chi connectivity index (χ0n) is 11.2. The summed E-state index contributed by atoms with van der Waals surface area (Å²) in [4.78, 5) is 4.42. The van der Waals surface area contributed by atoms with Crippen LogP contribution in [0.15, 0.2) is 29.3 Å². The summed E-state index contributed by atoms with van der Waals surface area (Å²) in [6.07, 6.45) is 1.16. The first-order valence-electron chi connectivity index (χ1n) is 6.26.